The number of hydrogen-bond donors (Lipinski definition) is 1. The van der Waals surface area contributed by atoms with Crippen molar-refractivity contribution in [1.82, 2.24) is 5.16 Å². The Hall–Kier alpha value is -0.680. The molecule has 0 spiro atoms. The number of thioether (sulfide) groups is 1. The van der Waals surface area contributed by atoms with Gasteiger partial charge in [-0.25, -0.2) is 0 Å². The minimum absolute atomic E-state index is 0. The third-order valence-corrected chi connectivity index (χ3v) is 2.05. The zero-order valence-electron chi connectivity index (χ0n) is 6.56. The van der Waals surface area contributed by atoms with Gasteiger partial charge in [0.2, 0.25) is 0 Å². The number of aliphatic imine (C=N–C) groups is 1. The second kappa shape index (κ2) is 5.91. The molecule has 0 radical (unpaired) electrons. The quantitative estimate of drug-likeness (QED) is 0.586. The van der Waals surface area contributed by atoms with Crippen LogP contribution < -0.4 is 5.73 Å². The molecular formula is C6H10ClN3OS. The molecule has 6 heteroatoms. The van der Waals surface area contributed by atoms with Crippen LogP contribution in [0.4, 0.5) is 0 Å². The van der Waals surface area contributed by atoms with Crippen molar-refractivity contribution >= 4 is 29.3 Å². The highest BCUT2D eigenvalue weighted by Crippen LogP contribution is 2.10. The summed E-state index contributed by atoms with van der Waals surface area (Å²) < 4.78 is 4.64. The Balaban J connectivity index is 0.00000121. The van der Waals surface area contributed by atoms with Gasteiger partial charge in [-0.05, 0) is 0 Å². The van der Waals surface area contributed by atoms with Gasteiger partial charge in [-0.15, -0.1) is 12.4 Å². The summed E-state index contributed by atoms with van der Waals surface area (Å²) in [5.41, 5.74) is 6.47. The summed E-state index contributed by atoms with van der Waals surface area (Å²) in [6.07, 6.45) is 3.26. The van der Waals surface area contributed by atoms with E-state index in [1.54, 1.807) is 19.5 Å². The van der Waals surface area contributed by atoms with Crippen LogP contribution in [0, 0.1) is 0 Å². The lowest BCUT2D eigenvalue weighted by Gasteiger charge is -1.94. The van der Waals surface area contributed by atoms with Gasteiger partial charge in [-0.2, -0.15) is 0 Å². The molecule has 0 aromatic carbocycles. The number of aromatic nitrogens is 1. The highest BCUT2D eigenvalue weighted by molar-refractivity contribution is 8.13. The number of halogens is 1. The van der Waals surface area contributed by atoms with Crippen molar-refractivity contribution in [3.05, 3.63) is 18.0 Å². The first-order valence-corrected chi connectivity index (χ1v) is 4.05. The fourth-order valence-electron chi connectivity index (χ4n) is 0.520. The Morgan fingerprint density at radius 2 is 2.58 bits per heavy atom. The summed E-state index contributed by atoms with van der Waals surface area (Å²) in [4.78, 5) is 3.79. The summed E-state index contributed by atoms with van der Waals surface area (Å²) in [7, 11) is 1.66. The zero-order chi connectivity index (χ0) is 8.10. The van der Waals surface area contributed by atoms with Gasteiger partial charge < -0.3 is 10.3 Å². The van der Waals surface area contributed by atoms with Crippen molar-refractivity contribution in [2.75, 3.05) is 7.05 Å². The van der Waals surface area contributed by atoms with Crippen LogP contribution in [0.25, 0.3) is 0 Å². The molecule has 0 atom stereocenters. The van der Waals surface area contributed by atoms with Crippen molar-refractivity contribution in [2.24, 2.45) is 10.7 Å². The molecule has 2 N–H and O–H groups in total. The lowest BCUT2D eigenvalue weighted by molar-refractivity contribution is 0.419. The van der Waals surface area contributed by atoms with Crippen molar-refractivity contribution in [3.63, 3.8) is 0 Å². The number of rotatable bonds is 2. The second-order valence-electron chi connectivity index (χ2n) is 1.88. The van der Waals surface area contributed by atoms with E-state index in [0.717, 1.165) is 11.3 Å². The highest BCUT2D eigenvalue weighted by atomic mass is 35.5. The number of amidine groups is 1. The predicted molar refractivity (Wildman–Crippen MR) is 52.6 cm³/mol. The molecule has 68 valence electrons. The molecule has 0 aliphatic rings. The van der Waals surface area contributed by atoms with Crippen LogP contribution in [0.3, 0.4) is 0 Å². The molecule has 12 heavy (non-hydrogen) atoms. The SMILES string of the molecule is CN=C(N)SCc1cnoc1.Cl. The number of hydrogen-bond acceptors (Lipinski definition) is 4. The van der Waals surface area contributed by atoms with Crippen LogP contribution in [0.15, 0.2) is 22.0 Å². The molecular weight excluding hydrogens is 198 g/mol. The van der Waals surface area contributed by atoms with Gasteiger partial charge >= 0.3 is 0 Å². The fraction of sp³-hybridized carbons (Fsp3) is 0.333. The Kier molecular flexibility index (Phi) is 5.57. The lowest BCUT2D eigenvalue weighted by atomic mass is 10.4. The van der Waals surface area contributed by atoms with Crippen LogP contribution in [0.2, 0.25) is 0 Å². The van der Waals surface area contributed by atoms with Crippen molar-refractivity contribution < 1.29 is 4.52 Å². The molecule has 1 aromatic rings. The maximum atomic E-state index is 5.45. The van der Waals surface area contributed by atoms with E-state index in [0.29, 0.717) is 5.17 Å². The van der Waals surface area contributed by atoms with Crippen LogP contribution in [-0.2, 0) is 5.75 Å². The molecule has 0 aliphatic carbocycles. The van der Waals surface area contributed by atoms with Crippen molar-refractivity contribution in [1.29, 1.82) is 0 Å². The van der Waals surface area contributed by atoms with E-state index in [4.69, 9.17) is 5.73 Å². The summed E-state index contributed by atoms with van der Waals surface area (Å²) in [6, 6.07) is 0. The average Bonchev–Trinajstić information content (AvgIpc) is 2.52. The van der Waals surface area contributed by atoms with Gasteiger partial charge in [0.15, 0.2) is 5.17 Å². The smallest absolute Gasteiger partial charge is 0.153 e. The minimum Gasteiger partial charge on any atom is -0.379 e. The molecule has 0 saturated heterocycles. The van der Waals surface area contributed by atoms with Gasteiger partial charge in [0.25, 0.3) is 0 Å². The van der Waals surface area contributed by atoms with Gasteiger partial charge in [0.05, 0.1) is 6.20 Å². The Morgan fingerprint density at radius 1 is 1.83 bits per heavy atom. The van der Waals surface area contributed by atoms with Gasteiger partial charge in [0, 0.05) is 18.4 Å². The van der Waals surface area contributed by atoms with E-state index >= 15 is 0 Å². The fourth-order valence-corrected chi connectivity index (χ4v) is 1.11. The van der Waals surface area contributed by atoms with Crippen LogP contribution >= 0.6 is 24.2 Å². The Labute approximate surface area is 81.0 Å². The van der Waals surface area contributed by atoms with Crippen LogP contribution in [0.1, 0.15) is 5.56 Å². The third kappa shape index (κ3) is 3.64. The Morgan fingerprint density at radius 3 is 3.08 bits per heavy atom. The average molecular weight is 208 g/mol. The van der Waals surface area contributed by atoms with E-state index < -0.39 is 0 Å². The first-order chi connectivity index (χ1) is 5.33. The van der Waals surface area contributed by atoms with Crippen molar-refractivity contribution in [3.8, 4) is 0 Å². The molecule has 0 unspecified atom stereocenters. The van der Waals surface area contributed by atoms with Gasteiger partial charge in [0.1, 0.15) is 6.26 Å². The lowest BCUT2D eigenvalue weighted by Crippen LogP contribution is -2.05. The minimum atomic E-state index is 0. The molecule has 1 heterocycles. The second-order valence-corrected chi connectivity index (χ2v) is 2.88. The Bertz CT molecular complexity index is 237. The molecule has 1 aromatic heterocycles. The van der Waals surface area contributed by atoms with Gasteiger partial charge in [-0.3, -0.25) is 4.99 Å². The normalized spacial score (nSPS) is 10.9. The van der Waals surface area contributed by atoms with Crippen LogP contribution in [-0.4, -0.2) is 17.4 Å². The molecule has 0 amide bonds. The predicted octanol–water partition coefficient (Wildman–Crippen LogP) is 1.27. The molecule has 4 nitrogen and oxygen atoms in total. The van der Waals surface area contributed by atoms with E-state index in [1.807, 2.05) is 0 Å². The monoisotopic (exact) mass is 207 g/mol. The largest absolute Gasteiger partial charge is 0.379 e. The first-order valence-electron chi connectivity index (χ1n) is 3.06. The number of nitrogens with two attached hydrogens (primary N) is 1. The molecule has 0 saturated carbocycles. The third-order valence-electron chi connectivity index (χ3n) is 1.09. The molecule has 0 bridgehead atoms. The van der Waals surface area contributed by atoms with Crippen molar-refractivity contribution in [2.45, 2.75) is 5.75 Å². The highest BCUT2D eigenvalue weighted by Gasteiger charge is 1.97. The zero-order valence-corrected chi connectivity index (χ0v) is 8.19. The van der Waals surface area contributed by atoms with E-state index in [1.165, 1.54) is 11.8 Å². The molecule has 1 rings (SSSR count). The van der Waals surface area contributed by atoms with E-state index in [2.05, 4.69) is 14.7 Å². The van der Waals surface area contributed by atoms with Gasteiger partial charge in [-0.1, -0.05) is 16.9 Å². The maximum absolute atomic E-state index is 5.45. The standard InChI is InChI=1S/C6H9N3OS.ClH/c1-8-6(7)11-4-5-2-9-10-3-5;/h2-3H,4H2,1H3,(H2,7,8);1H. The van der Waals surface area contributed by atoms with E-state index in [9.17, 15) is 0 Å². The summed E-state index contributed by atoms with van der Waals surface area (Å²) >= 11 is 1.46. The first kappa shape index (κ1) is 11.3. The summed E-state index contributed by atoms with van der Waals surface area (Å²) in [6.45, 7) is 0. The topological polar surface area (TPSA) is 64.4 Å². The summed E-state index contributed by atoms with van der Waals surface area (Å²) in [5, 5.41) is 4.13. The molecule has 0 fully saturated rings. The molecule has 0 aliphatic heterocycles. The van der Waals surface area contributed by atoms with E-state index in [-0.39, 0.29) is 12.4 Å². The number of nitrogens with zero attached hydrogens (tertiary/aromatic N) is 2. The maximum Gasteiger partial charge on any atom is 0.153 e. The van der Waals surface area contributed by atoms with Crippen LogP contribution in [0.5, 0.6) is 0 Å². The summed E-state index contributed by atoms with van der Waals surface area (Å²) in [5.74, 6) is 0.757.